The molecule has 1 aliphatic heterocycles. The highest BCUT2D eigenvalue weighted by Gasteiger charge is 2.32. The zero-order chi connectivity index (χ0) is 29.9. The van der Waals surface area contributed by atoms with Crippen LogP contribution < -0.4 is 4.74 Å². The van der Waals surface area contributed by atoms with E-state index >= 15 is 0 Å². The van der Waals surface area contributed by atoms with Crippen LogP contribution >= 0.6 is 0 Å². The molecule has 1 atom stereocenters. The Balaban J connectivity index is 1.77. The fourth-order valence-corrected chi connectivity index (χ4v) is 5.27. The maximum Gasteiger partial charge on any atom is 0.387 e. The van der Waals surface area contributed by atoms with E-state index in [9.17, 15) is 23.5 Å². The first-order valence-electron chi connectivity index (χ1n) is 13.7. The third-order valence-electron chi connectivity index (χ3n) is 7.31. The van der Waals surface area contributed by atoms with Crippen LogP contribution in [-0.4, -0.2) is 76.0 Å². The number of carbonyl (C=O) groups excluding carboxylic acids is 2. The summed E-state index contributed by atoms with van der Waals surface area (Å²) in [5.74, 6) is 6.81. The molecular weight excluding hydrogens is 530 g/mol. The maximum atomic E-state index is 13.4. The van der Waals surface area contributed by atoms with E-state index in [0.717, 1.165) is 0 Å². The third kappa shape index (κ3) is 6.58. The smallest absolute Gasteiger partial charge is 0.387 e. The number of hydrogen-bond acceptors (Lipinski definition) is 6. The van der Waals surface area contributed by atoms with Crippen molar-refractivity contribution in [1.29, 1.82) is 0 Å². The van der Waals surface area contributed by atoms with Gasteiger partial charge in [0.1, 0.15) is 17.1 Å². The number of fused-ring (bicyclic) bond motifs is 1. The molecule has 3 aromatic rings. The predicted molar refractivity (Wildman–Crippen MR) is 152 cm³/mol. The first-order chi connectivity index (χ1) is 19.4. The number of para-hydroxylation sites is 1. The van der Waals surface area contributed by atoms with Crippen molar-refractivity contribution in [2.24, 2.45) is 5.92 Å². The van der Waals surface area contributed by atoms with Gasteiger partial charge in [0, 0.05) is 30.1 Å². The molecule has 2 heterocycles. The van der Waals surface area contributed by atoms with Crippen molar-refractivity contribution in [3.05, 3.63) is 53.3 Å². The Morgan fingerprint density at radius 2 is 1.95 bits per heavy atom. The zero-order valence-electron chi connectivity index (χ0n) is 24.0. The van der Waals surface area contributed by atoms with Crippen molar-refractivity contribution in [2.75, 3.05) is 27.2 Å². The number of aromatic nitrogens is 2. The summed E-state index contributed by atoms with van der Waals surface area (Å²) in [6.45, 7) is 2.96. The quantitative estimate of drug-likeness (QED) is 0.311. The van der Waals surface area contributed by atoms with E-state index in [1.54, 1.807) is 15.5 Å². The van der Waals surface area contributed by atoms with E-state index in [1.165, 1.54) is 26.0 Å². The molecule has 41 heavy (non-hydrogen) atoms. The standard InChI is InChI=1S/C31H36F2N4O4/c1-6-24(35(4)5)28-34-23-13-12-21(11-10-20-14-16-36(17-15-20)29(39)31(2,3)40)18-25(23)37(28)27-22(19-38)8-7-9-26(27)41-30(32)33/h7-9,12-13,18-20,24,30,40H,6,14-17H2,1-5H3. The van der Waals surface area contributed by atoms with Gasteiger partial charge in [0.2, 0.25) is 0 Å². The summed E-state index contributed by atoms with van der Waals surface area (Å²) in [5, 5.41) is 10.0. The lowest BCUT2D eigenvalue weighted by atomic mass is 9.95. The van der Waals surface area contributed by atoms with E-state index in [4.69, 9.17) is 9.72 Å². The molecule has 218 valence electrons. The first kappa shape index (κ1) is 30.2. The van der Waals surface area contributed by atoms with Gasteiger partial charge in [0.15, 0.2) is 12.0 Å². The van der Waals surface area contributed by atoms with Crippen LogP contribution in [0.25, 0.3) is 16.7 Å². The van der Waals surface area contributed by atoms with Crippen molar-refractivity contribution in [3.63, 3.8) is 0 Å². The van der Waals surface area contributed by atoms with Crippen molar-refractivity contribution >= 4 is 23.2 Å². The van der Waals surface area contributed by atoms with Gasteiger partial charge in [0.05, 0.1) is 17.1 Å². The number of amides is 1. The zero-order valence-corrected chi connectivity index (χ0v) is 24.0. The highest BCUT2D eigenvalue weighted by atomic mass is 19.3. The number of nitrogens with zero attached hydrogens (tertiary/aromatic N) is 4. The Labute approximate surface area is 238 Å². The fraction of sp³-hybridized carbons (Fsp3) is 0.452. The number of aliphatic hydroxyl groups is 1. The molecule has 1 fully saturated rings. The molecule has 8 nitrogen and oxygen atoms in total. The SMILES string of the molecule is CCC(c1nc2ccc(C#CC3CCN(C(=O)C(C)(C)O)CC3)cc2n1-c1c(C=O)cccc1OC(F)F)N(C)C. The number of benzene rings is 2. The van der Waals surface area contributed by atoms with Crippen molar-refractivity contribution < 1.29 is 28.2 Å². The minimum atomic E-state index is -3.07. The minimum Gasteiger partial charge on any atom is -0.433 e. The monoisotopic (exact) mass is 566 g/mol. The molecule has 10 heteroatoms. The van der Waals surface area contributed by atoms with Gasteiger partial charge in [-0.2, -0.15) is 8.78 Å². The van der Waals surface area contributed by atoms with Crippen molar-refractivity contribution in [2.45, 2.75) is 58.3 Å². The molecule has 1 N–H and O–H groups in total. The second-order valence-corrected chi connectivity index (χ2v) is 11.0. The third-order valence-corrected chi connectivity index (χ3v) is 7.31. The average Bonchev–Trinajstić information content (AvgIpc) is 3.28. The number of imidazole rings is 1. The summed E-state index contributed by atoms with van der Waals surface area (Å²) >= 11 is 0. The van der Waals surface area contributed by atoms with E-state index in [-0.39, 0.29) is 34.9 Å². The van der Waals surface area contributed by atoms with Crippen LogP contribution in [0.3, 0.4) is 0 Å². The topological polar surface area (TPSA) is 87.9 Å². The van der Waals surface area contributed by atoms with Gasteiger partial charge in [-0.1, -0.05) is 24.8 Å². The van der Waals surface area contributed by atoms with E-state index in [2.05, 4.69) is 11.8 Å². The molecule has 4 rings (SSSR count). The van der Waals surface area contributed by atoms with E-state index in [1.807, 2.05) is 44.1 Å². The van der Waals surface area contributed by atoms with Crippen LogP contribution in [0.1, 0.15) is 67.8 Å². The van der Waals surface area contributed by atoms with Crippen LogP contribution in [0.2, 0.25) is 0 Å². The van der Waals surface area contributed by atoms with Gasteiger partial charge in [-0.05, 0) is 77.5 Å². The van der Waals surface area contributed by atoms with Gasteiger partial charge in [-0.25, -0.2) is 4.98 Å². The Morgan fingerprint density at radius 1 is 1.24 bits per heavy atom. The van der Waals surface area contributed by atoms with Crippen LogP contribution in [0, 0.1) is 17.8 Å². The number of piperidine rings is 1. The lowest BCUT2D eigenvalue weighted by molar-refractivity contribution is -0.149. The Morgan fingerprint density at radius 3 is 2.54 bits per heavy atom. The molecule has 2 aromatic carbocycles. The summed E-state index contributed by atoms with van der Waals surface area (Å²) in [6, 6.07) is 9.86. The van der Waals surface area contributed by atoms with Gasteiger partial charge in [-0.3, -0.25) is 19.1 Å². The molecule has 0 saturated carbocycles. The van der Waals surface area contributed by atoms with Crippen LogP contribution in [0.15, 0.2) is 36.4 Å². The fourth-order valence-electron chi connectivity index (χ4n) is 5.27. The molecule has 1 aliphatic rings. The Kier molecular flexibility index (Phi) is 9.10. The van der Waals surface area contributed by atoms with E-state index in [0.29, 0.717) is 61.1 Å². The Hall–Kier alpha value is -3.81. The molecular formula is C31H36F2N4O4. The highest BCUT2D eigenvalue weighted by Crippen LogP contribution is 2.36. The summed E-state index contributed by atoms with van der Waals surface area (Å²) in [4.78, 5) is 33.0. The normalized spacial score (nSPS) is 15.2. The van der Waals surface area contributed by atoms with Crippen LogP contribution in [0.4, 0.5) is 8.78 Å². The highest BCUT2D eigenvalue weighted by molar-refractivity contribution is 5.88. The number of hydrogen-bond donors (Lipinski definition) is 1. The van der Waals surface area contributed by atoms with Gasteiger partial charge in [0.25, 0.3) is 5.91 Å². The minimum absolute atomic E-state index is 0.0806. The second kappa shape index (κ2) is 12.4. The maximum absolute atomic E-state index is 13.4. The average molecular weight is 567 g/mol. The number of aldehydes is 1. The van der Waals surface area contributed by atoms with Crippen LogP contribution in [0.5, 0.6) is 5.75 Å². The number of halogens is 2. The molecule has 0 aliphatic carbocycles. The van der Waals surface area contributed by atoms with E-state index < -0.39 is 12.2 Å². The molecule has 0 spiro atoms. The lowest BCUT2D eigenvalue weighted by Crippen LogP contribution is -2.48. The number of carbonyl (C=O) groups is 2. The van der Waals surface area contributed by atoms with Crippen molar-refractivity contribution in [3.8, 4) is 23.3 Å². The molecule has 1 unspecified atom stereocenters. The largest absolute Gasteiger partial charge is 0.433 e. The first-order valence-corrected chi connectivity index (χ1v) is 13.7. The van der Waals surface area contributed by atoms with Gasteiger partial charge in [-0.15, -0.1) is 0 Å². The second-order valence-electron chi connectivity index (χ2n) is 11.0. The summed E-state index contributed by atoms with van der Waals surface area (Å²) in [7, 11) is 3.83. The van der Waals surface area contributed by atoms with Gasteiger partial charge < -0.3 is 14.7 Å². The summed E-state index contributed by atoms with van der Waals surface area (Å²) in [6.07, 6.45) is 2.70. The number of likely N-dealkylation sites (tertiary alicyclic amines) is 1. The molecule has 1 saturated heterocycles. The number of rotatable bonds is 8. The lowest BCUT2D eigenvalue weighted by Gasteiger charge is -2.33. The molecule has 0 radical (unpaired) electrons. The summed E-state index contributed by atoms with van der Waals surface area (Å²) in [5.41, 5.74) is 0.953. The molecule has 1 amide bonds. The van der Waals surface area contributed by atoms with Crippen LogP contribution in [-0.2, 0) is 4.79 Å². The molecule has 1 aromatic heterocycles. The van der Waals surface area contributed by atoms with Crippen molar-refractivity contribution in [1.82, 2.24) is 19.4 Å². The number of alkyl halides is 2. The Bertz CT molecular complexity index is 1470. The molecule has 0 bridgehead atoms. The predicted octanol–water partition coefficient (Wildman–Crippen LogP) is 4.81. The van der Waals surface area contributed by atoms with Gasteiger partial charge >= 0.3 is 6.61 Å². The number of ether oxygens (including phenoxy) is 1. The summed E-state index contributed by atoms with van der Waals surface area (Å²) < 4.78 is 33.4.